The molecule has 0 saturated heterocycles. The number of aromatic nitrogens is 3. The smallest absolute Gasteiger partial charge is 0.265 e. The molecule has 5 heteroatoms. The van der Waals surface area contributed by atoms with E-state index in [2.05, 4.69) is 30.9 Å². The van der Waals surface area contributed by atoms with E-state index in [-0.39, 0.29) is 10.3 Å². The topological polar surface area (TPSA) is 47.8 Å². The third-order valence-corrected chi connectivity index (χ3v) is 2.63. The second-order valence-electron chi connectivity index (χ2n) is 4.12. The molecule has 78 valence electrons. The van der Waals surface area contributed by atoms with Gasteiger partial charge in [0.2, 0.25) is 0 Å². The quantitative estimate of drug-likeness (QED) is 0.661. The standard InChI is InChI=1S/C9H15N3OS/c1-6-7(13)10-8(12(5)11-6)14-9(2,3)4/h1-5H3. The average molecular weight is 213 g/mol. The lowest BCUT2D eigenvalue weighted by atomic mass is 10.3. The minimum atomic E-state index is -0.241. The van der Waals surface area contributed by atoms with Gasteiger partial charge in [-0.25, -0.2) is 4.68 Å². The summed E-state index contributed by atoms with van der Waals surface area (Å²) in [4.78, 5) is 15.2. The molecule has 0 atom stereocenters. The molecular weight excluding hydrogens is 198 g/mol. The van der Waals surface area contributed by atoms with Crippen molar-refractivity contribution in [1.82, 2.24) is 14.8 Å². The van der Waals surface area contributed by atoms with Crippen LogP contribution < -0.4 is 5.56 Å². The second-order valence-corrected chi connectivity index (χ2v) is 5.92. The molecule has 4 nitrogen and oxygen atoms in total. The predicted octanol–water partition coefficient (Wildman–Crippen LogP) is 1.37. The van der Waals surface area contributed by atoms with Gasteiger partial charge in [-0.1, -0.05) is 32.5 Å². The summed E-state index contributed by atoms with van der Waals surface area (Å²) in [5.74, 6) is 0. The Labute approximate surface area is 87.7 Å². The fraction of sp³-hybridized carbons (Fsp3) is 0.667. The minimum absolute atomic E-state index is 0.0359. The first-order valence-electron chi connectivity index (χ1n) is 4.40. The fourth-order valence-corrected chi connectivity index (χ4v) is 1.76. The molecule has 0 saturated carbocycles. The molecule has 0 aliphatic rings. The Morgan fingerprint density at radius 1 is 1.36 bits per heavy atom. The maximum atomic E-state index is 11.3. The fourth-order valence-electron chi connectivity index (χ4n) is 0.913. The van der Waals surface area contributed by atoms with Gasteiger partial charge in [-0.05, 0) is 6.92 Å². The molecule has 0 aromatic carbocycles. The summed E-state index contributed by atoms with van der Waals surface area (Å²) in [5, 5.41) is 4.74. The summed E-state index contributed by atoms with van der Waals surface area (Å²) in [7, 11) is 1.80. The molecule has 14 heavy (non-hydrogen) atoms. The Hall–Kier alpha value is -0.840. The first-order valence-corrected chi connectivity index (χ1v) is 5.22. The van der Waals surface area contributed by atoms with Gasteiger partial charge in [0.05, 0.1) is 0 Å². The molecule has 0 aliphatic heterocycles. The summed E-state index contributed by atoms with van der Waals surface area (Å²) in [6, 6.07) is 0. The molecule has 0 amide bonds. The Kier molecular flexibility index (Phi) is 2.99. The number of nitrogens with zero attached hydrogens (tertiary/aromatic N) is 3. The zero-order chi connectivity index (χ0) is 10.9. The first kappa shape index (κ1) is 11.2. The zero-order valence-corrected chi connectivity index (χ0v) is 9.97. The van der Waals surface area contributed by atoms with Crippen molar-refractivity contribution in [1.29, 1.82) is 0 Å². The van der Waals surface area contributed by atoms with Crippen LogP contribution in [0.1, 0.15) is 26.5 Å². The van der Waals surface area contributed by atoms with Crippen LogP contribution in [0, 0.1) is 6.92 Å². The van der Waals surface area contributed by atoms with Gasteiger partial charge in [0, 0.05) is 11.8 Å². The van der Waals surface area contributed by atoms with Crippen LogP contribution in [0.3, 0.4) is 0 Å². The van der Waals surface area contributed by atoms with Crippen molar-refractivity contribution in [3.8, 4) is 0 Å². The van der Waals surface area contributed by atoms with Crippen molar-refractivity contribution >= 4 is 11.8 Å². The normalized spacial score (nSPS) is 11.8. The van der Waals surface area contributed by atoms with Crippen molar-refractivity contribution in [2.75, 3.05) is 0 Å². The van der Waals surface area contributed by atoms with E-state index >= 15 is 0 Å². The number of aryl methyl sites for hydroxylation is 2. The van der Waals surface area contributed by atoms with Crippen molar-refractivity contribution < 1.29 is 0 Å². The SMILES string of the molecule is Cc1nn(C)c(SC(C)(C)C)nc1=O. The highest BCUT2D eigenvalue weighted by Crippen LogP contribution is 2.28. The average Bonchev–Trinajstić information content (AvgIpc) is 1.97. The lowest BCUT2D eigenvalue weighted by Gasteiger charge is -2.17. The Morgan fingerprint density at radius 3 is 2.43 bits per heavy atom. The lowest BCUT2D eigenvalue weighted by Crippen LogP contribution is -2.21. The van der Waals surface area contributed by atoms with E-state index in [1.54, 1.807) is 18.7 Å². The van der Waals surface area contributed by atoms with E-state index in [4.69, 9.17) is 0 Å². The second kappa shape index (κ2) is 3.73. The molecule has 0 fully saturated rings. The Balaban J connectivity index is 3.11. The third-order valence-electron chi connectivity index (χ3n) is 1.48. The van der Waals surface area contributed by atoms with Gasteiger partial charge in [-0.2, -0.15) is 10.1 Å². The molecule has 1 aromatic heterocycles. The van der Waals surface area contributed by atoms with Crippen LogP contribution in [-0.4, -0.2) is 19.5 Å². The van der Waals surface area contributed by atoms with Crippen molar-refractivity contribution in [2.45, 2.75) is 37.6 Å². The van der Waals surface area contributed by atoms with E-state index in [1.165, 1.54) is 11.8 Å². The van der Waals surface area contributed by atoms with Crippen LogP contribution in [0.25, 0.3) is 0 Å². The Bertz CT molecular complexity index is 392. The number of hydrogen-bond donors (Lipinski definition) is 0. The molecule has 0 radical (unpaired) electrons. The molecule has 0 aliphatic carbocycles. The predicted molar refractivity (Wildman–Crippen MR) is 57.6 cm³/mol. The Morgan fingerprint density at radius 2 is 1.93 bits per heavy atom. The van der Waals surface area contributed by atoms with Crippen LogP contribution in [0.5, 0.6) is 0 Å². The van der Waals surface area contributed by atoms with Crippen LogP contribution in [0.2, 0.25) is 0 Å². The molecule has 0 spiro atoms. The maximum absolute atomic E-state index is 11.3. The van der Waals surface area contributed by atoms with E-state index in [9.17, 15) is 4.79 Å². The van der Waals surface area contributed by atoms with E-state index in [0.717, 1.165) is 0 Å². The minimum Gasteiger partial charge on any atom is -0.265 e. The van der Waals surface area contributed by atoms with Gasteiger partial charge in [0.15, 0.2) is 5.16 Å². The molecule has 1 rings (SSSR count). The summed E-state index contributed by atoms with van der Waals surface area (Å²) < 4.78 is 1.68. The molecule has 0 N–H and O–H groups in total. The highest BCUT2D eigenvalue weighted by atomic mass is 32.2. The largest absolute Gasteiger partial charge is 0.295 e. The monoisotopic (exact) mass is 213 g/mol. The van der Waals surface area contributed by atoms with Gasteiger partial charge < -0.3 is 0 Å². The molecule has 1 heterocycles. The number of rotatable bonds is 1. The lowest BCUT2D eigenvalue weighted by molar-refractivity contribution is 0.593. The van der Waals surface area contributed by atoms with Gasteiger partial charge in [0.1, 0.15) is 5.69 Å². The van der Waals surface area contributed by atoms with Crippen LogP contribution in [0.4, 0.5) is 0 Å². The summed E-state index contributed by atoms with van der Waals surface area (Å²) in [6.45, 7) is 7.89. The van der Waals surface area contributed by atoms with Crippen LogP contribution >= 0.6 is 11.8 Å². The van der Waals surface area contributed by atoms with Crippen molar-refractivity contribution in [3.63, 3.8) is 0 Å². The highest BCUT2D eigenvalue weighted by molar-refractivity contribution is 8.00. The molecule has 1 aromatic rings. The number of thioether (sulfide) groups is 1. The summed E-state index contributed by atoms with van der Waals surface area (Å²) in [6.07, 6.45) is 0. The van der Waals surface area contributed by atoms with Gasteiger partial charge >= 0.3 is 0 Å². The molecular formula is C9H15N3OS. The number of hydrogen-bond acceptors (Lipinski definition) is 4. The van der Waals surface area contributed by atoms with Crippen molar-refractivity contribution in [3.05, 3.63) is 16.0 Å². The van der Waals surface area contributed by atoms with E-state index in [1.807, 2.05) is 0 Å². The van der Waals surface area contributed by atoms with E-state index < -0.39 is 0 Å². The van der Waals surface area contributed by atoms with Gasteiger partial charge in [0.25, 0.3) is 5.56 Å². The highest BCUT2D eigenvalue weighted by Gasteiger charge is 2.16. The van der Waals surface area contributed by atoms with Crippen LogP contribution in [0.15, 0.2) is 9.95 Å². The van der Waals surface area contributed by atoms with Crippen LogP contribution in [-0.2, 0) is 7.05 Å². The summed E-state index contributed by atoms with van der Waals surface area (Å²) >= 11 is 1.54. The van der Waals surface area contributed by atoms with E-state index in [0.29, 0.717) is 10.9 Å². The van der Waals surface area contributed by atoms with Crippen molar-refractivity contribution in [2.24, 2.45) is 7.05 Å². The first-order chi connectivity index (χ1) is 6.29. The maximum Gasteiger partial charge on any atom is 0.295 e. The third kappa shape index (κ3) is 2.83. The zero-order valence-electron chi connectivity index (χ0n) is 9.16. The summed E-state index contributed by atoms with van der Waals surface area (Å²) in [5.41, 5.74) is 0.195. The molecule has 0 unspecified atom stereocenters. The van der Waals surface area contributed by atoms with Gasteiger partial charge in [-0.15, -0.1) is 0 Å². The van der Waals surface area contributed by atoms with Gasteiger partial charge in [-0.3, -0.25) is 4.79 Å². The molecule has 0 bridgehead atoms.